The van der Waals surface area contributed by atoms with Gasteiger partial charge in [-0.3, -0.25) is 9.59 Å². The zero-order chi connectivity index (χ0) is 14.8. The number of carbonyl (C=O) groups excluding carboxylic acids is 1. The number of nitrogens with one attached hydrogen (secondary N) is 2. The molecule has 1 aliphatic rings. The number of hydrogen-bond donors (Lipinski definition) is 3. The Labute approximate surface area is 118 Å². The van der Waals surface area contributed by atoms with Gasteiger partial charge in [-0.15, -0.1) is 0 Å². The number of likely N-dealkylation sites (N-methyl/N-ethyl adjacent to an activating group) is 1. The largest absolute Gasteiger partial charge is 0.480 e. The minimum Gasteiger partial charge on any atom is -0.480 e. The van der Waals surface area contributed by atoms with E-state index < -0.39 is 12.0 Å². The van der Waals surface area contributed by atoms with Gasteiger partial charge < -0.3 is 15.7 Å². The maximum atomic E-state index is 11.6. The number of allylic oxidation sites excluding steroid dienone is 9. The molecule has 1 atom stereocenters. The summed E-state index contributed by atoms with van der Waals surface area (Å²) in [6.45, 7) is 0.0343. The van der Waals surface area contributed by atoms with Crippen LogP contribution in [0.25, 0.3) is 0 Å². The Balaban J connectivity index is 2.49. The molecule has 0 bridgehead atoms. The van der Waals surface area contributed by atoms with Crippen molar-refractivity contribution in [1.82, 2.24) is 10.6 Å². The Morgan fingerprint density at radius 1 is 1.25 bits per heavy atom. The predicted molar refractivity (Wildman–Crippen MR) is 78.1 cm³/mol. The van der Waals surface area contributed by atoms with Gasteiger partial charge in [0, 0.05) is 12.6 Å². The van der Waals surface area contributed by atoms with Crippen molar-refractivity contribution < 1.29 is 14.7 Å². The molecule has 0 aromatic heterocycles. The lowest BCUT2D eigenvalue weighted by atomic mass is 10.1. The van der Waals surface area contributed by atoms with Crippen LogP contribution in [0.2, 0.25) is 0 Å². The summed E-state index contributed by atoms with van der Waals surface area (Å²) in [5.74, 6) is -1.33. The SMILES string of the molecule is CNC(CNC(=O)/C=C/C1=C/C=C\C=C\C=C\1)C(=O)O. The normalized spacial score (nSPS) is 22.9. The molecule has 3 N–H and O–H groups in total. The van der Waals surface area contributed by atoms with Gasteiger partial charge >= 0.3 is 5.97 Å². The van der Waals surface area contributed by atoms with Crippen molar-refractivity contribution in [3.63, 3.8) is 0 Å². The average molecular weight is 274 g/mol. The van der Waals surface area contributed by atoms with Gasteiger partial charge in [-0.1, -0.05) is 42.5 Å². The third-order valence-electron chi connectivity index (χ3n) is 2.58. The van der Waals surface area contributed by atoms with E-state index in [9.17, 15) is 9.59 Å². The quantitative estimate of drug-likeness (QED) is 0.630. The topological polar surface area (TPSA) is 78.4 Å². The van der Waals surface area contributed by atoms with E-state index in [2.05, 4.69) is 10.6 Å². The van der Waals surface area contributed by atoms with Crippen LogP contribution in [0.1, 0.15) is 0 Å². The lowest BCUT2D eigenvalue weighted by Crippen LogP contribution is -2.44. The molecule has 5 nitrogen and oxygen atoms in total. The van der Waals surface area contributed by atoms with E-state index in [0.717, 1.165) is 5.57 Å². The van der Waals surface area contributed by atoms with Gasteiger partial charge in [-0.05, 0) is 18.7 Å². The second-order valence-electron chi connectivity index (χ2n) is 4.05. The van der Waals surface area contributed by atoms with Gasteiger partial charge in [-0.2, -0.15) is 0 Å². The van der Waals surface area contributed by atoms with Gasteiger partial charge in [-0.25, -0.2) is 0 Å². The van der Waals surface area contributed by atoms with Crippen LogP contribution in [-0.4, -0.2) is 36.6 Å². The van der Waals surface area contributed by atoms with Gasteiger partial charge in [0.1, 0.15) is 6.04 Å². The van der Waals surface area contributed by atoms with Crippen LogP contribution in [0.15, 0.2) is 60.3 Å². The molecule has 0 aromatic rings. The van der Waals surface area contributed by atoms with E-state index in [1.165, 1.54) is 13.1 Å². The highest BCUT2D eigenvalue weighted by atomic mass is 16.4. The number of aliphatic carboxylic acids is 1. The molecule has 106 valence electrons. The summed E-state index contributed by atoms with van der Waals surface area (Å²) in [4.78, 5) is 22.3. The monoisotopic (exact) mass is 274 g/mol. The first-order valence-electron chi connectivity index (χ1n) is 6.21. The Hall–Kier alpha value is -2.40. The summed E-state index contributed by atoms with van der Waals surface area (Å²) in [6, 6.07) is -0.791. The van der Waals surface area contributed by atoms with Crippen LogP contribution in [-0.2, 0) is 9.59 Å². The minimum absolute atomic E-state index is 0.0343. The molecule has 20 heavy (non-hydrogen) atoms. The van der Waals surface area contributed by atoms with Gasteiger partial charge in [0.2, 0.25) is 5.91 Å². The molecule has 0 aromatic carbocycles. The van der Waals surface area contributed by atoms with Crippen LogP contribution in [0.4, 0.5) is 0 Å². The predicted octanol–water partition coefficient (Wildman–Crippen LogP) is 0.940. The van der Waals surface area contributed by atoms with E-state index in [1.54, 1.807) is 6.08 Å². The lowest BCUT2D eigenvalue weighted by Gasteiger charge is -2.10. The molecule has 0 saturated heterocycles. The van der Waals surface area contributed by atoms with Crippen LogP contribution >= 0.6 is 0 Å². The number of hydrogen-bond acceptors (Lipinski definition) is 3. The fourth-order valence-corrected chi connectivity index (χ4v) is 1.44. The number of rotatable bonds is 6. The van der Waals surface area contributed by atoms with Crippen LogP contribution in [0.5, 0.6) is 0 Å². The van der Waals surface area contributed by atoms with E-state index in [-0.39, 0.29) is 12.5 Å². The molecule has 0 spiro atoms. The first-order chi connectivity index (χ1) is 9.63. The molecule has 1 amide bonds. The summed E-state index contributed by atoms with van der Waals surface area (Å²) in [6.07, 6.45) is 16.2. The highest BCUT2D eigenvalue weighted by Crippen LogP contribution is 2.03. The number of carboxylic acids is 1. The van der Waals surface area contributed by atoms with E-state index >= 15 is 0 Å². The van der Waals surface area contributed by atoms with E-state index in [1.807, 2.05) is 42.5 Å². The van der Waals surface area contributed by atoms with Gasteiger partial charge in [0.25, 0.3) is 0 Å². The van der Waals surface area contributed by atoms with Crippen molar-refractivity contribution >= 4 is 11.9 Å². The van der Waals surface area contributed by atoms with Gasteiger partial charge in [0.05, 0.1) is 0 Å². The molecule has 1 unspecified atom stereocenters. The van der Waals surface area contributed by atoms with Gasteiger partial charge in [0.15, 0.2) is 0 Å². The number of amides is 1. The fourth-order valence-electron chi connectivity index (χ4n) is 1.44. The highest BCUT2D eigenvalue weighted by molar-refractivity contribution is 5.88. The van der Waals surface area contributed by atoms with Crippen molar-refractivity contribution in [3.8, 4) is 0 Å². The van der Waals surface area contributed by atoms with E-state index in [4.69, 9.17) is 5.11 Å². The first kappa shape index (κ1) is 15.7. The zero-order valence-corrected chi connectivity index (χ0v) is 11.2. The fraction of sp³-hybridized carbons (Fsp3) is 0.200. The molecule has 5 heteroatoms. The average Bonchev–Trinajstić information content (AvgIpc) is 2.37. The molecule has 0 radical (unpaired) electrons. The summed E-state index contributed by atoms with van der Waals surface area (Å²) in [5, 5.41) is 13.9. The summed E-state index contributed by atoms with van der Waals surface area (Å²) in [5.41, 5.74) is 0.879. The third-order valence-corrected chi connectivity index (χ3v) is 2.58. The Kier molecular flexibility index (Phi) is 6.78. The second kappa shape index (κ2) is 8.66. The molecule has 1 aliphatic carbocycles. The maximum absolute atomic E-state index is 11.6. The summed E-state index contributed by atoms with van der Waals surface area (Å²) < 4.78 is 0. The first-order valence-corrected chi connectivity index (χ1v) is 6.21. The van der Waals surface area contributed by atoms with Crippen molar-refractivity contribution in [1.29, 1.82) is 0 Å². The molecular formula is C15H18N2O3. The van der Waals surface area contributed by atoms with E-state index in [0.29, 0.717) is 0 Å². The Morgan fingerprint density at radius 2 is 1.95 bits per heavy atom. The Morgan fingerprint density at radius 3 is 2.65 bits per heavy atom. The zero-order valence-electron chi connectivity index (χ0n) is 11.2. The Bertz CT molecular complexity index is 499. The van der Waals surface area contributed by atoms with Crippen LogP contribution in [0.3, 0.4) is 0 Å². The minimum atomic E-state index is -1.00. The smallest absolute Gasteiger partial charge is 0.322 e. The summed E-state index contributed by atoms with van der Waals surface area (Å²) >= 11 is 0. The molecule has 0 aliphatic heterocycles. The second-order valence-corrected chi connectivity index (χ2v) is 4.05. The highest BCUT2D eigenvalue weighted by Gasteiger charge is 2.14. The van der Waals surface area contributed by atoms with Crippen molar-refractivity contribution in [2.75, 3.05) is 13.6 Å². The number of carbonyl (C=O) groups is 2. The summed E-state index contributed by atoms with van der Waals surface area (Å²) in [7, 11) is 1.53. The van der Waals surface area contributed by atoms with Crippen molar-refractivity contribution in [2.24, 2.45) is 0 Å². The maximum Gasteiger partial charge on any atom is 0.322 e. The molecular weight excluding hydrogens is 256 g/mol. The standard InChI is InChI=1S/C15H18N2O3/c1-16-13(15(19)20)11-17-14(18)10-9-12-7-5-3-2-4-6-8-12/h2-10,13,16H,11H2,1H3,(H,17,18)(H,19,20)/b3-2+,4-2?,5-3?,6-4-,7-5+,8-6?,10-9+,12-7?,12-8+. The molecule has 0 heterocycles. The van der Waals surface area contributed by atoms with Crippen LogP contribution < -0.4 is 10.6 Å². The van der Waals surface area contributed by atoms with Crippen molar-refractivity contribution in [2.45, 2.75) is 6.04 Å². The van der Waals surface area contributed by atoms with Crippen LogP contribution in [0, 0.1) is 0 Å². The molecule has 0 saturated carbocycles. The number of carboxylic acid groups (broad SMARTS) is 1. The molecule has 1 rings (SSSR count). The molecule has 0 fully saturated rings. The third kappa shape index (κ3) is 5.97. The van der Waals surface area contributed by atoms with Crippen molar-refractivity contribution in [3.05, 3.63) is 60.3 Å². The lowest BCUT2D eigenvalue weighted by molar-refractivity contribution is -0.139.